The van der Waals surface area contributed by atoms with Crippen LogP contribution in [0.25, 0.3) is 0 Å². The number of halogens is 3. The predicted molar refractivity (Wildman–Crippen MR) is 93.8 cm³/mol. The fourth-order valence-electron chi connectivity index (χ4n) is 2.52. The molecule has 1 N–H and O–H groups in total. The largest absolute Gasteiger partial charge is 0.347 e. The molecule has 2 aromatic rings. The molecule has 1 aliphatic rings. The summed E-state index contributed by atoms with van der Waals surface area (Å²) in [6.07, 6.45) is 3.61. The molecule has 0 saturated carbocycles. The number of nitrogens with zero attached hydrogens (tertiary/aromatic N) is 3. The van der Waals surface area contributed by atoms with E-state index in [4.69, 9.17) is 11.6 Å². The molecule has 0 atom stereocenters. The second-order valence-electron chi connectivity index (χ2n) is 5.48. The maximum absolute atomic E-state index is 13.3. The average molecular weight is 414 g/mol. The van der Waals surface area contributed by atoms with Crippen LogP contribution in [-0.2, 0) is 6.54 Å². The van der Waals surface area contributed by atoms with Gasteiger partial charge in [0, 0.05) is 24.1 Å². The van der Waals surface area contributed by atoms with Crippen molar-refractivity contribution >= 4 is 39.4 Å². The van der Waals surface area contributed by atoms with E-state index in [0.717, 1.165) is 30.4 Å². The minimum atomic E-state index is -0.418. The van der Waals surface area contributed by atoms with E-state index < -0.39 is 5.91 Å². The molecule has 5 nitrogen and oxygen atoms in total. The highest BCUT2D eigenvalue weighted by molar-refractivity contribution is 9.10. The van der Waals surface area contributed by atoms with Crippen LogP contribution >= 0.6 is 27.5 Å². The smallest absolute Gasteiger partial charge is 0.271 e. The second kappa shape index (κ2) is 7.44. The quantitative estimate of drug-likeness (QED) is 0.833. The number of rotatable bonds is 4. The lowest BCUT2D eigenvalue weighted by molar-refractivity contribution is 0.0946. The highest BCUT2D eigenvalue weighted by atomic mass is 79.9. The van der Waals surface area contributed by atoms with E-state index >= 15 is 0 Å². The summed E-state index contributed by atoms with van der Waals surface area (Å²) in [6, 6.07) is 4.31. The van der Waals surface area contributed by atoms with Crippen molar-refractivity contribution in [1.29, 1.82) is 0 Å². The summed E-state index contributed by atoms with van der Waals surface area (Å²) in [5, 5.41) is 2.90. The highest BCUT2D eigenvalue weighted by Crippen LogP contribution is 2.21. The number of hydrogen-bond acceptors (Lipinski definition) is 4. The van der Waals surface area contributed by atoms with Gasteiger partial charge >= 0.3 is 0 Å². The van der Waals surface area contributed by atoms with Crippen molar-refractivity contribution in [3.05, 3.63) is 51.0 Å². The minimum absolute atomic E-state index is 0.126. The van der Waals surface area contributed by atoms with Crippen molar-refractivity contribution < 1.29 is 9.18 Å². The molecule has 2 heterocycles. The van der Waals surface area contributed by atoms with E-state index in [1.54, 1.807) is 6.07 Å². The normalized spacial score (nSPS) is 14.0. The van der Waals surface area contributed by atoms with Gasteiger partial charge in [-0.25, -0.2) is 14.4 Å². The third-order valence-corrected chi connectivity index (χ3v) is 4.83. The number of hydrogen-bond donors (Lipinski definition) is 1. The van der Waals surface area contributed by atoms with Gasteiger partial charge in [-0.1, -0.05) is 27.5 Å². The van der Waals surface area contributed by atoms with Crippen LogP contribution in [-0.4, -0.2) is 29.0 Å². The Bertz CT molecular complexity index is 768. The van der Waals surface area contributed by atoms with Crippen molar-refractivity contribution in [1.82, 2.24) is 15.3 Å². The molecule has 3 rings (SSSR count). The predicted octanol–water partition coefficient (Wildman–Crippen LogP) is 3.56. The molecule has 1 amide bonds. The number of anilines is 1. The van der Waals surface area contributed by atoms with E-state index in [1.807, 2.05) is 4.90 Å². The van der Waals surface area contributed by atoms with E-state index in [1.165, 1.54) is 18.3 Å². The van der Waals surface area contributed by atoms with Gasteiger partial charge in [-0.3, -0.25) is 4.79 Å². The molecule has 24 heavy (non-hydrogen) atoms. The molecule has 1 fully saturated rings. The maximum atomic E-state index is 13.3. The average Bonchev–Trinajstić information content (AvgIpc) is 3.10. The van der Waals surface area contributed by atoms with Gasteiger partial charge in [0.1, 0.15) is 5.82 Å². The SMILES string of the molecule is O=C(NCc1cc(F)ccc1Br)c1nc(N2CCCC2)ncc1Cl. The highest BCUT2D eigenvalue weighted by Gasteiger charge is 2.19. The van der Waals surface area contributed by atoms with Crippen LogP contribution in [0.4, 0.5) is 10.3 Å². The van der Waals surface area contributed by atoms with E-state index in [2.05, 4.69) is 31.2 Å². The van der Waals surface area contributed by atoms with Gasteiger partial charge in [0.25, 0.3) is 5.91 Å². The number of benzene rings is 1. The van der Waals surface area contributed by atoms with Crippen molar-refractivity contribution in [2.24, 2.45) is 0 Å². The first-order valence-electron chi connectivity index (χ1n) is 7.54. The molecule has 0 radical (unpaired) electrons. The Morgan fingerprint density at radius 1 is 1.38 bits per heavy atom. The van der Waals surface area contributed by atoms with E-state index in [9.17, 15) is 9.18 Å². The van der Waals surface area contributed by atoms with Crippen LogP contribution in [0.5, 0.6) is 0 Å². The van der Waals surface area contributed by atoms with Crippen LogP contribution in [0.15, 0.2) is 28.9 Å². The van der Waals surface area contributed by atoms with Crippen LogP contribution in [0.1, 0.15) is 28.9 Å². The van der Waals surface area contributed by atoms with E-state index in [-0.39, 0.29) is 23.1 Å². The third-order valence-electron chi connectivity index (χ3n) is 3.78. The molecule has 1 saturated heterocycles. The summed E-state index contributed by atoms with van der Waals surface area (Å²) in [6.45, 7) is 1.91. The van der Waals surface area contributed by atoms with E-state index in [0.29, 0.717) is 11.5 Å². The van der Waals surface area contributed by atoms with Crippen molar-refractivity contribution in [3.63, 3.8) is 0 Å². The molecular formula is C16H15BrClFN4O. The van der Waals surface area contributed by atoms with Gasteiger partial charge in [0.2, 0.25) is 5.95 Å². The lowest BCUT2D eigenvalue weighted by Gasteiger charge is -2.16. The maximum Gasteiger partial charge on any atom is 0.271 e. The standard InChI is InChI=1S/C16H15BrClFN4O/c17-12-4-3-11(19)7-10(12)8-20-15(24)14-13(18)9-21-16(22-14)23-5-1-2-6-23/h3-4,7,9H,1-2,5-6,8H2,(H,20,24). The number of carbonyl (C=O) groups excluding carboxylic acids is 1. The first-order valence-corrected chi connectivity index (χ1v) is 8.71. The zero-order valence-corrected chi connectivity index (χ0v) is 15.1. The number of aromatic nitrogens is 2. The Hall–Kier alpha value is -1.73. The number of nitrogens with one attached hydrogen (secondary N) is 1. The molecule has 0 spiro atoms. The molecule has 0 unspecified atom stereocenters. The Balaban J connectivity index is 1.74. The van der Waals surface area contributed by atoms with Crippen LogP contribution in [0.2, 0.25) is 5.02 Å². The number of amides is 1. The van der Waals surface area contributed by atoms with Gasteiger partial charge in [0.15, 0.2) is 5.69 Å². The lowest BCUT2D eigenvalue weighted by Crippen LogP contribution is -2.27. The number of carbonyl (C=O) groups is 1. The van der Waals surface area contributed by atoms with Crippen LogP contribution in [0, 0.1) is 5.82 Å². The molecule has 1 aromatic heterocycles. The van der Waals surface area contributed by atoms with Gasteiger partial charge < -0.3 is 10.2 Å². The third kappa shape index (κ3) is 3.84. The molecule has 1 aromatic carbocycles. The monoisotopic (exact) mass is 412 g/mol. The molecule has 0 aliphatic carbocycles. The van der Waals surface area contributed by atoms with Crippen molar-refractivity contribution in [2.45, 2.75) is 19.4 Å². The Morgan fingerprint density at radius 2 is 2.12 bits per heavy atom. The fraction of sp³-hybridized carbons (Fsp3) is 0.312. The molecule has 0 bridgehead atoms. The lowest BCUT2D eigenvalue weighted by atomic mass is 10.2. The van der Waals surface area contributed by atoms with Crippen LogP contribution in [0.3, 0.4) is 0 Å². The fourth-order valence-corrected chi connectivity index (χ4v) is 3.09. The molecule has 8 heteroatoms. The van der Waals surface area contributed by atoms with Crippen LogP contribution < -0.4 is 10.2 Å². The summed E-state index contributed by atoms with van der Waals surface area (Å²) in [5.74, 6) is -0.271. The Kier molecular flexibility index (Phi) is 5.30. The van der Waals surface area contributed by atoms with Crippen molar-refractivity contribution in [3.8, 4) is 0 Å². The summed E-state index contributed by atoms with van der Waals surface area (Å²) in [7, 11) is 0. The zero-order chi connectivity index (χ0) is 17.1. The molecule has 1 aliphatic heterocycles. The first kappa shape index (κ1) is 17.1. The minimum Gasteiger partial charge on any atom is -0.347 e. The topological polar surface area (TPSA) is 58.1 Å². The second-order valence-corrected chi connectivity index (χ2v) is 6.74. The molecule has 126 valence electrons. The Labute approximate surface area is 152 Å². The summed E-state index contributed by atoms with van der Waals surface area (Å²) < 4.78 is 14.0. The van der Waals surface area contributed by atoms with Gasteiger partial charge in [-0.15, -0.1) is 0 Å². The van der Waals surface area contributed by atoms with Gasteiger partial charge in [-0.2, -0.15) is 0 Å². The van der Waals surface area contributed by atoms with Gasteiger partial charge in [0.05, 0.1) is 11.2 Å². The first-order chi connectivity index (χ1) is 11.5. The van der Waals surface area contributed by atoms with Gasteiger partial charge in [-0.05, 0) is 36.6 Å². The van der Waals surface area contributed by atoms with Crippen molar-refractivity contribution in [2.75, 3.05) is 18.0 Å². The summed E-state index contributed by atoms with van der Waals surface area (Å²) in [5.41, 5.74) is 0.759. The summed E-state index contributed by atoms with van der Waals surface area (Å²) >= 11 is 9.39. The molecular weight excluding hydrogens is 399 g/mol. The Morgan fingerprint density at radius 3 is 2.88 bits per heavy atom. The zero-order valence-electron chi connectivity index (χ0n) is 12.7. The summed E-state index contributed by atoms with van der Waals surface area (Å²) in [4.78, 5) is 22.9.